The van der Waals surface area contributed by atoms with Crippen LogP contribution >= 0.6 is 11.3 Å². The molecule has 0 aliphatic heterocycles. The maximum Gasteiger partial charge on any atom is 0.214 e. The van der Waals surface area contributed by atoms with E-state index in [1.807, 2.05) is 18.4 Å². The van der Waals surface area contributed by atoms with Gasteiger partial charge in [0.25, 0.3) is 0 Å². The van der Waals surface area contributed by atoms with Crippen LogP contribution in [0.15, 0.2) is 17.5 Å². The molecule has 0 bridgehead atoms. The summed E-state index contributed by atoms with van der Waals surface area (Å²) < 4.78 is 26.1. The van der Waals surface area contributed by atoms with Gasteiger partial charge in [-0.05, 0) is 50.6 Å². The maximum absolute atomic E-state index is 12.3. The van der Waals surface area contributed by atoms with Crippen molar-refractivity contribution >= 4 is 21.4 Å². The van der Waals surface area contributed by atoms with Crippen molar-refractivity contribution in [1.82, 2.24) is 9.62 Å². The second-order valence-electron chi connectivity index (χ2n) is 5.55. The van der Waals surface area contributed by atoms with Crippen LogP contribution in [-0.4, -0.2) is 44.2 Å². The van der Waals surface area contributed by atoms with Crippen LogP contribution in [-0.2, 0) is 16.4 Å². The molecule has 1 unspecified atom stereocenters. The van der Waals surface area contributed by atoms with Crippen molar-refractivity contribution < 1.29 is 8.42 Å². The molecule has 1 aromatic heterocycles. The SMILES string of the molecule is CC(Cc1cccs1)N(C)S(=O)(=O)CCCNC1CC1. The van der Waals surface area contributed by atoms with Crippen LogP contribution in [0.3, 0.4) is 0 Å². The topological polar surface area (TPSA) is 49.4 Å². The van der Waals surface area contributed by atoms with Gasteiger partial charge in [0.05, 0.1) is 5.75 Å². The Morgan fingerprint density at radius 3 is 2.85 bits per heavy atom. The Morgan fingerprint density at radius 2 is 2.25 bits per heavy atom. The van der Waals surface area contributed by atoms with E-state index in [0.717, 1.165) is 13.0 Å². The van der Waals surface area contributed by atoms with Crippen molar-refractivity contribution in [1.29, 1.82) is 0 Å². The lowest BCUT2D eigenvalue weighted by Crippen LogP contribution is -2.38. The third-order valence-corrected chi connectivity index (χ3v) is 6.67. The largest absolute Gasteiger partial charge is 0.314 e. The lowest BCUT2D eigenvalue weighted by molar-refractivity contribution is 0.387. The van der Waals surface area contributed by atoms with E-state index in [9.17, 15) is 8.42 Å². The number of hydrogen-bond acceptors (Lipinski definition) is 4. The maximum atomic E-state index is 12.3. The fraction of sp³-hybridized carbons (Fsp3) is 0.714. The molecule has 0 aromatic carbocycles. The molecule has 0 amide bonds. The van der Waals surface area contributed by atoms with Gasteiger partial charge >= 0.3 is 0 Å². The lowest BCUT2D eigenvalue weighted by Gasteiger charge is -2.24. The molecule has 1 fully saturated rings. The number of hydrogen-bond donors (Lipinski definition) is 1. The van der Waals surface area contributed by atoms with Crippen molar-refractivity contribution in [2.45, 2.75) is 44.7 Å². The van der Waals surface area contributed by atoms with Crippen molar-refractivity contribution in [2.75, 3.05) is 19.3 Å². The summed E-state index contributed by atoms with van der Waals surface area (Å²) in [6, 6.07) is 4.72. The number of thiophene rings is 1. The van der Waals surface area contributed by atoms with Gasteiger partial charge in [-0.2, -0.15) is 0 Å². The minimum Gasteiger partial charge on any atom is -0.314 e. The van der Waals surface area contributed by atoms with E-state index >= 15 is 0 Å². The molecule has 0 spiro atoms. The van der Waals surface area contributed by atoms with E-state index in [2.05, 4.69) is 11.4 Å². The number of sulfonamides is 1. The molecule has 6 heteroatoms. The van der Waals surface area contributed by atoms with Gasteiger partial charge in [-0.25, -0.2) is 12.7 Å². The van der Waals surface area contributed by atoms with E-state index in [0.29, 0.717) is 12.5 Å². The molecule has 1 aliphatic rings. The molecule has 0 radical (unpaired) electrons. The average molecular weight is 316 g/mol. The second-order valence-corrected chi connectivity index (χ2v) is 8.73. The quantitative estimate of drug-likeness (QED) is 0.710. The standard InChI is InChI=1S/C14H24N2O2S2/c1-12(11-14-5-3-9-19-14)16(2)20(17,18)10-4-8-15-13-6-7-13/h3,5,9,12-13,15H,4,6-8,10-11H2,1-2H3. The van der Waals surface area contributed by atoms with E-state index in [-0.39, 0.29) is 11.8 Å². The molecule has 20 heavy (non-hydrogen) atoms. The Bertz CT molecular complexity index is 495. The van der Waals surface area contributed by atoms with Crippen LogP contribution in [0.25, 0.3) is 0 Å². The third-order valence-electron chi connectivity index (χ3n) is 3.73. The van der Waals surface area contributed by atoms with Crippen LogP contribution < -0.4 is 5.32 Å². The first kappa shape index (κ1) is 15.9. The van der Waals surface area contributed by atoms with Crippen LogP contribution in [0.4, 0.5) is 0 Å². The molecule has 1 atom stereocenters. The normalized spacial score (nSPS) is 17.6. The second kappa shape index (κ2) is 7.02. The van der Waals surface area contributed by atoms with Crippen molar-refractivity contribution in [2.24, 2.45) is 0 Å². The number of likely N-dealkylation sites (N-methyl/N-ethyl adjacent to an activating group) is 1. The summed E-state index contributed by atoms with van der Waals surface area (Å²) in [6.07, 6.45) is 3.96. The van der Waals surface area contributed by atoms with E-state index in [1.54, 1.807) is 18.4 Å². The highest BCUT2D eigenvalue weighted by molar-refractivity contribution is 7.89. The van der Waals surface area contributed by atoms with E-state index in [4.69, 9.17) is 0 Å². The Hall–Kier alpha value is -0.430. The molecule has 1 aromatic rings. The summed E-state index contributed by atoms with van der Waals surface area (Å²) in [5.74, 6) is 0.234. The predicted molar refractivity (Wildman–Crippen MR) is 84.7 cm³/mol. The predicted octanol–water partition coefficient (Wildman–Crippen LogP) is 2.08. The number of nitrogens with one attached hydrogen (secondary N) is 1. The Kier molecular flexibility index (Phi) is 5.60. The van der Waals surface area contributed by atoms with Gasteiger partial charge in [0.15, 0.2) is 0 Å². The summed E-state index contributed by atoms with van der Waals surface area (Å²) in [4.78, 5) is 1.23. The van der Waals surface area contributed by atoms with Crippen molar-refractivity contribution in [3.8, 4) is 0 Å². The van der Waals surface area contributed by atoms with Crippen molar-refractivity contribution in [3.05, 3.63) is 22.4 Å². The van der Waals surface area contributed by atoms with Gasteiger partial charge in [-0.15, -0.1) is 11.3 Å². The molecule has 0 saturated heterocycles. The molecular weight excluding hydrogens is 292 g/mol. The van der Waals surface area contributed by atoms with E-state index < -0.39 is 10.0 Å². The van der Waals surface area contributed by atoms with Gasteiger partial charge in [-0.1, -0.05) is 6.07 Å². The summed E-state index contributed by atoms with van der Waals surface area (Å²) >= 11 is 1.68. The summed E-state index contributed by atoms with van der Waals surface area (Å²) in [6.45, 7) is 2.77. The molecule has 2 rings (SSSR count). The Balaban J connectivity index is 1.77. The fourth-order valence-corrected chi connectivity index (χ4v) is 4.36. The molecule has 114 valence electrons. The van der Waals surface area contributed by atoms with Crippen LogP contribution in [0, 0.1) is 0 Å². The minimum absolute atomic E-state index is 0.00930. The van der Waals surface area contributed by atoms with Gasteiger partial charge in [-0.3, -0.25) is 0 Å². The summed E-state index contributed by atoms with van der Waals surface area (Å²) in [7, 11) is -1.45. The summed E-state index contributed by atoms with van der Waals surface area (Å²) in [5.41, 5.74) is 0. The Morgan fingerprint density at radius 1 is 1.50 bits per heavy atom. The minimum atomic E-state index is -3.14. The first-order valence-electron chi connectivity index (χ1n) is 7.20. The number of rotatable bonds is 9. The zero-order valence-electron chi connectivity index (χ0n) is 12.2. The molecule has 1 saturated carbocycles. The molecule has 1 heterocycles. The van der Waals surface area contributed by atoms with Crippen LogP contribution in [0.2, 0.25) is 0 Å². The fourth-order valence-electron chi connectivity index (χ4n) is 2.11. The lowest BCUT2D eigenvalue weighted by atomic mass is 10.2. The van der Waals surface area contributed by atoms with Gasteiger partial charge < -0.3 is 5.32 Å². The first-order chi connectivity index (χ1) is 9.49. The highest BCUT2D eigenvalue weighted by Gasteiger charge is 2.24. The highest BCUT2D eigenvalue weighted by atomic mass is 32.2. The molecule has 1 N–H and O–H groups in total. The molecule has 1 aliphatic carbocycles. The monoisotopic (exact) mass is 316 g/mol. The van der Waals surface area contributed by atoms with Gasteiger partial charge in [0.1, 0.15) is 0 Å². The van der Waals surface area contributed by atoms with Gasteiger partial charge in [0, 0.05) is 24.0 Å². The molecular formula is C14H24N2O2S2. The van der Waals surface area contributed by atoms with Crippen LogP contribution in [0.5, 0.6) is 0 Å². The van der Waals surface area contributed by atoms with Crippen molar-refractivity contribution in [3.63, 3.8) is 0 Å². The third kappa shape index (κ3) is 4.84. The zero-order chi connectivity index (χ0) is 14.6. The zero-order valence-corrected chi connectivity index (χ0v) is 13.8. The highest BCUT2D eigenvalue weighted by Crippen LogP contribution is 2.19. The first-order valence-corrected chi connectivity index (χ1v) is 9.69. The summed E-state index contributed by atoms with van der Waals surface area (Å²) in [5, 5.41) is 5.38. The van der Waals surface area contributed by atoms with Crippen LogP contribution in [0.1, 0.15) is 31.1 Å². The number of nitrogens with zero attached hydrogens (tertiary/aromatic N) is 1. The van der Waals surface area contributed by atoms with Gasteiger partial charge in [0.2, 0.25) is 10.0 Å². The Labute approximate surface area is 126 Å². The molecule has 4 nitrogen and oxygen atoms in total. The van der Waals surface area contributed by atoms with E-state index in [1.165, 1.54) is 22.0 Å². The average Bonchev–Trinajstić information content (AvgIpc) is 3.10. The smallest absolute Gasteiger partial charge is 0.214 e.